The monoisotopic (exact) mass is 317 g/mol. The molecule has 1 aliphatic heterocycles. The highest BCUT2D eigenvalue weighted by Crippen LogP contribution is 2.39. The molecule has 3 rings (SSSR count). The van der Waals surface area contributed by atoms with E-state index in [0.29, 0.717) is 28.8 Å². The fraction of sp³-hybridized carbons (Fsp3) is 0.133. The quantitative estimate of drug-likeness (QED) is 0.740. The highest BCUT2D eigenvalue weighted by atomic mass is 79.9. The van der Waals surface area contributed by atoms with Gasteiger partial charge in [-0.05, 0) is 35.4 Å². The van der Waals surface area contributed by atoms with Crippen molar-refractivity contribution in [2.45, 2.75) is 11.9 Å². The first-order valence-electron chi connectivity index (χ1n) is 5.77. The normalized spacial score (nSPS) is 12.1. The first-order valence-corrected chi connectivity index (χ1v) is 6.89. The first kappa shape index (κ1) is 12.2. The van der Waals surface area contributed by atoms with Gasteiger partial charge in [-0.2, -0.15) is 5.26 Å². The molecule has 1 heterocycles. The van der Waals surface area contributed by atoms with Gasteiger partial charge in [0.05, 0.1) is 11.6 Å². The molecule has 0 N–H and O–H groups in total. The van der Waals surface area contributed by atoms with Crippen molar-refractivity contribution in [2.24, 2.45) is 0 Å². The number of rotatable bonds is 1. The van der Waals surface area contributed by atoms with Gasteiger partial charge >= 0.3 is 0 Å². The topological polar surface area (TPSA) is 33.0 Å². The molecule has 0 bridgehead atoms. The van der Waals surface area contributed by atoms with Crippen LogP contribution in [0.25, 0.3) is 11.1 Å². The van der Waals surface area contributed by atoms with Crippen LogP contribution in [0, 0.1) is 17.1 Å². The molecule has 4 heteroatoms. The van der Waals surface area contributed by atoms with Crippen molar-refractivity contribution < 1.29 is 9.13 Å². The molecule has 0 fully saturated rings. The molecular weight excluding hydrogens is 309 g/mol. The van der Waals surface area contributed by atoms with E-state index in [4.69, 9.17) is 10.00 Å². The molecular formula is C15H9BrFNO. The van der Waals surface area contributed by atoms with E-state index in [0.717, 1.165) is 16.7 Å². The van der Waals surface area contributed by atoms with Crippen LogP contribution in [0.5, 0.6) is 5.75 Å². The molecule has 2 aromatic rings. The van der Waals surface area contributed by atoms with Gasteiger partial charge in [-0.3, -0.25) is 0 Å². The van der Waals surface area contributed by atoms with Crippen molar-refractivity contribution >= 4 is 15.9 Å². The molecule has 0 aliphatic carbocycles. The van der Waals surface area contributed by atoms with Crippen LogP contribution < -0.4 is 4.74 Å². The number of halogens is 2. The number of benzene rings is 2. The molecule has 0 aromatic heterocycles. The number of fused-ring (bicyclic) bond motifs is 3. The average molecular weight is 318 g/mol. The Morgan fingerprint density at radius 3 is 2.84 bits per heavy atom. The van der Waals surface area contributed by atoms with E-state index in [1.165, 1.54) is 6.07 Å². The third-order valence-corrected chi connectivity index (χ3v) is 3.80. The predicted octanol–water partition coefficient (Wildman–Crippen LogP) is 4.15. The Kier molecular flexibility index (Phi) is 3.00. The van der Waals surface area contributed by atoms with Crippen LogP contribution >= 0.6 is 15.9 Å². The minimum absolute atomic E-state index is 0.253. The van der Waals surface area contributed by atoms with Gasteiger partial charge < -0.3 is 4.74 Å². The van der Waals surface area contributed by atoms with E-state index in [-0.39, 0.29) is 5.82 Å². The van der Waals surface area contributed by atoms with Gasteiger partial charge in [-0.1, -0.05) is 22.0 Å². The molecule has 1 aliphatic rings. The lowest BCUT2D eigenvalue weighted by Gasteiger charge is -2.21. The summed E-state index contributed by atoms with van der Waals surface area (Å²) >= 11 is 3.26. The molecule has 0 saturated heterocycles. The van der Waals surface area contributed by atoms with Crippen molar-refractivity contribution in [2.75, 3.05) is 0 Å². The Labute approximate surface area is 118 Å². The Balaban J connectivity index is 2.19. The van der Waals surface area contributed by atoms with Crippen molar-refractivity contribution in [1.29, 1.82) is 5.26 Å². The van der Waals surface area contributed by atoms with Gasteiger partial charge in [0, 0.05) is 16.5 Å². The molecule has 0 unspecified atom stereocenters. The molecule has 0 spiro atoms. The molecule has 0 saturated carbocycles. The fourth-order valence-corrected chi connectivity index (χ4v) is 2.66. The van der Waals surface area contributed by atoms with Crippen molar-refractivity contribution in [3.05, 3.63) is 52.8 Å². The molecule has 94 valence electrons. The zero-order valence-corrected chi connectivity index (χ0v) is 11.5. The second-order valence-corrected chi connectivity index (χ2v) is 4.91. The Hall–Kier alpha value is -1.86. The van der Waals surface area contributed by atoms with E-state index in [9.17, 15) is 4.39 Å². The lowest BCUT2D eigenvalue weighted by atomic mass is 9.94. The largest absolute Gasteiger partial charge is 0.488 e. The number of nitrogens with zero attached hydrogens (tertiary/aromatic N) is 1. The van der Waals surface area contributed by atoms with Gasteiger partial charge in [0.25, 0.3) is 0 Å². The van der Waals surface area contributed by atoms with E-state index in [2.05, 4.69) is 22.0 Å². The van der Waals surface area contributed by atoms with Gasteiger partial charge in [0.15, 0.2) is 0 Å². The number of nitriles is 1. The third kappa shape index (κ3) is 2.00. The molecule has 0 atom stereocenters. The minimum atomic E-state index is -0.253. The molecule has 0 amide bonds. The van der Waals surface area contributed by atoms with Crippen molar-refractivity contribution in [3.63, 3.8) is 0 Å². The Bertz CT molecular complexity index is 706. The van der Waals surface area contributed by atoms with Crippen LogP contribution in [-0.4, -0.2) is 0 Å². The first-order chi connectivity index (χ1) is 9.22. The van der Waals surface area contributed by atoms with Crippen LogP contribution in [-0.2, 0) is 11.9 Å². The van der Waals surface area contributed by atoms with Crippen LogP contribution in [0.2, 0.25) is 0 Å². The standard InChI is InChI=1S/C15H9BrFNO/c16-6-10-4-15-13(5-14(10)17)12-2-1-9(7-18)3-11(12)8-19-15/h1-5H,6,8H2. The van der Waals surface area contributed by atoms with Gasteiger partial charge in [-0.25, -0.2) is 4.39 Å². The second kappa shape index (κ2) is 4.67. The SMILES string of the molecule is N#Cc1ccc2c(c1)COc1cc(CBr)c(F)cc1-2. The lowest BCUT2D eigenvalue weighted by Crippen LogP contribution is -2.07. The van der Waals surface area contributed by atoms with Crippen molar-refractivity contribution in [3.8, 4) is 22.9 Å². The van der Waals surface area contributed by atoms with Crippen LogP contribution in [0.15, 0.2) is 30.3 Å². The minimum Gasteiger partial charge on any atom is -0.488 e. The predicted molar refractivity (Wildman–Crippen MR) is 73.5 cm³/mol. The highest BCUT2D eigenvalue weighted by Gasteiger charge is 2.20. The molecule has 0 radical (unpaired) electrons. The summed E-state index contributed by atoms with van der Waals surface area (Å²) in [5.41, 5.74) is 3.75. The zero-order valence-electron chi connectivity index (χ0n) is 9.91. The zero-order chi connectivity index (χ0) is 13.4. The lowest BCUT2D eigenvalue weighted by molar-refractivity contribution is 0.301. The summed E-state index contributed by atoms with van der Waals surface area (Å²) in [6.45, 7) is 0.408. The molecule has 2 nitrogen and oxygen atoms in total. The van der Waals surface area contributed by atoms with Crippen LogP contribution in [0.3, 0.4) is 0 Å². The summed E-state index contributed by atoms with van der Waals surface area (Å²) in [6, 6.07) is 10.7. The van der Waals surface area contributed by atoms with E-state index >= 15 is 0 Å². The third-order valence-electron chi connectivity index (χ3n) is 3.20. The van der Waals surface area contributed by atoms with Crippen LogP contribution in [0.1, 0.15) is 16.7 Å². The Morgan fingerprint density at radius 1 is 1.26 bits per heavy atom. The maximum atomic E-state index is 13.9. The molecule has 19 heavy (non-hydrogen) atoms. The summed E-state index contributed by atoms with van der Waals surface area (Å²) in [7, 11) is 0. The number of hydrogen-bond acceptors (Lipinski definition) is 2. The van der Waals surface area contributed by atoms with E-state index < -0.39 is 0 Å². The summed E-state index contributed by atoms with van der Waals surface area (Å²) in [5, 5.41) is 9.34. The molecule has 2 aromatic carbocycles. The second-order valence-electron chi connectivity index (χ2n) is 4.35. The van der Waals surface area contributed by atoms with Gasteiger partial charge in [0.1, 0.15) is 18.2 Å². The maximum Gasteiger partial charge on any atom is 0.128 e. The van der Waals surface area contributed by atoms with Crippen molar-refractivity contribution in [1.82, 2.24) is 0 Å². The summed E-state index contributed by atoms with van der Waals surface area (Å²) in [6.07, 6.45) is 0. The number of hydrogen-bond donors (Lipinski definition) is 0. The number of alkyl halides is 1. The van der Waals surface area contributed by atoms with Gasteiger partial charge in [0.2, 0.25) is 0 Å². The smallest absolute Gasteiger partial charge is 0.128 e. The summed E-state index contributed by atoms with van der Waals surface area (Å²) < 4.78 is 19.5. The Morgan fingerprint density at radius 2 is 2.11 bits per heavy atom. The van der Waals surface area contributed by atoms with E-state index in [1.54, 1.807) is 18.2 Å². The average Bonchev–Trinajstić information content (AvgIpc) is 2.45. The maximum absolute atomic E-state index is 13.9. The fourth-order valence-electron chi connectivity index (χ4n) is 2.23. The van der Waals surface area contributed by atoms with Gasteiger partial charge in [-0.15, -0.1) is 0 Å². The summed E-state index contributed by atoms with van der Waals surface area (Å²) in [4.78, 5) is 0. The van der Waals surface area contributed by atoms with E-state index in [1.807, 2.05) is 6.07 Å². The van der Waals surface area contributed by atoms with Crippen LogP contribution in [0.4, 0.5) is 4.39 Å². The number of ether oxygens (including phenoxy) is 1. The highest BCUT2D eigenvalue weighted by molar-refractivity contribution is 9.08. The summed E-state index contributed by atoms with van der Waals surface area (Å²) in [5.74, 6) is 0.435.